The van der Waals surface area contributed by atoms with Gasteiger partial charge < -0.3 is 10.5 Å². The summed E-state index contributed by atoms with van der Waals surface area (Å²) in [6.45, 7) is 7.51. The predicted octanol–water partition coefficient (Wildman–Crippen LogP) is 29.3. The number of carbonyl (C=O) groups is 1. The van der Waals surface area contributed by atoms with E-state index in [-0.39, 0.29) is 23.8 Å². The van der Waals surface area contributed by atoms with Crippen molar-refractivity contribution in [3.8, 4) is 0 Å². The molecule has 9 nitrogen and oxygen atoms in total. The molecule has 0 aliphatic carbocycles. The second-order valence-corrected chi connectivity index (χ2v) is 692. The molecule has 0 saturated carbocycles. The summed E-state index contributed by atoms with van der Waals surface area (Å²) in [5.41, 5.74) is 1.24. The van der Waals surface area contributed by atoms with Gasteiger partial charge in [0, 0.05) is 0 Å². The number of rotatable bonds is 19. The standard InChI is InChI=1S/C11H17F2N3O2.C5H8F2N4.ClH.I30/c1-10(2,3)18-8(17)5-11(4,9(12)13)7-6-14-16-15-7;1-5(8,4(6)7)3-2-9-11-10-3;;1-17(2)19(5)21(7)23(9)25(11)27(13)29(15)30(16)28(14)26(12)24(10)22(8)20(6)18(3)4/h6,9H,5H2,1-4H3,(H,14,15,16);2,4H,8H2,1H3,(H,9,10,11);1H;. The number of carbonyl (C=O) groups excluding carboxylic acids is 1. The SMILES string of the molecule is CC(C)(C)OC(=O)CC(C)(c1cn[nH]n1)C(F)F.CC(N)(c1cn[nH]n1)C(F)F.Cl.II(I)I(I)I(I)I(I)I(I)I(I)I(I)I(I)I(I)I(I)I(I)I(I)I(I)I(I)I. The van der Waals surface area contributed by atoms with E-state index in [1.807, 2.05) is 0 Å². The molecule has 0 spiro atoms. The molecule has 0 bridgehead atoms. The Kier molecular flexibility index (Phi) is 58.9. The second-order valence-electron chi connectivity index (χ2n) is 10.0. The van der Waals surface area contributed by atoms with Crippen molar-refractivity contribution >= 4 is 427 Å². The molecule has 2 rings (SSSR count). The van der Waals surface area contributed by atoms with E-state index in [1.54, 1.807) is 20.8 Å². The number of aromatic amines is 2. The fourth-order valence-electron chi connectivity index (χ4n) is 2.38. The Morgan fingerprint density at radius 2 is 0.867 bits per heavy atom. The number of nitrogens with two attached hydrogens (primary N) is 1. The van der Waals surface area contributed by atoms with Gasteiger partial charge >= 0.3 is 414 Å². The van der Waals surface area contributed by atoms with E-state index in [0.717, 1.165) is 0 Å². The molecular weight excluding hydrogens is 4240 g/mol. The van der Waals surface area contributed by atoms with Crippen LogP contribution in [0.1, 0.15) is 52.4 Å². The van der Waals surface area contributed by atoms with Gasteiger partial charge in [0.2, 0.25) is 6.43 Å². The normalized spacial score (nSPS) is 16.9. The molecule has 2 atom stereocenters. The fourth-order valence-corrected chi connectivity index (χ4v) is 5030. The van der Waals surface area contributed by atoms with Gasteiger partial charge in [-0.05, 0) is 34.6 Å². The summed E-state index contributed by atoms with van der Waals surface area (Å²) < 4.78 is 55.7. The van der Waals surface area contributed by atoms with E-state index in [4.69, 9.17) is 10.5 Å². The van der Waals surface area contributed by atoms with E-state index >= 15 is 0 Å². The molecule has 2 aromatic rings. The number of hydrogen-bond acceptors (Lipinski definition) is 7. The molecule has 382 valence electrons. The van der Waals surface area contributed by atoms with Gasteiger partial charge in [0.25, 0.3) is 6.43 Å². The van der Waals surface area contributed by atoms with Crippen molar-refractivity contribution in [2.75, 3.05) is 0 Å². The van der Waals surface area contributed by atoms with Crippen LogP contribution >= 0.6 is 421 Å². The maximum atomic E-state index is 13.2. The first-order chi connectivity index (χ1) is 26.8. The molecular formula is C16H26ClF4I30N7O2. The van der Waals surface area contributed by atoms with Crippen molar-refractivity contribution in [3.63, 3.8) is 0 Å². The van der Waals surface area contributed by atoms with Crippen LogP contribution in [0.4, 0.5) is 17.6 Å². The van der Waals surface area contributed by atoms with Crippen molar-refractivity contribution < 1.29 is 27.1 Å². The Balaban J connectivity index is 0. The summed E-state index contributed by atoms with van der Waals surface area (Å²) in [6, 6.07) is 0. The maximum absolute atomic E-state index is 13.2. The first-order valence-electron chi connectivity index (χ1n) is 12.6. The molecule has 0 saturated heterocycles. The van der Waals surface area contributed by atoms with E-state index in [1.165, 1.54) is 26.2 Å². The molecule has 0 amide bonds. The molecule has 2 heterocycles. The summed E-state index contributed by atoms with van der Waals surface area (Å²) in [5, 5.41) is 18.5. The number of alkyl halides is 4. The monoisotopic (exact) mass is 4270 g/mol. The summed E-state index contributed by atoms with van der Waals surface area (Å²) in [6.07, 6.45) is -3.46. The number of H-pyrrole nitrogens is 2. The van der Waals surface area contributed by atoms with E-state index in [0.29, 0.717) is 0 Å². The van der Waals surface area contributed by atoms with E-state index in [9.17, 15) is 22.4 Å². The quantitative estimate of drug-likeness (QED) is 0.0724. The van der Waals surface area contributed by atoms with Gasteiger partial charge in [0.05, 0.1) is 29.9 Å². The van der Waals surface area contributed by atoms with Crippen LogP contribution < -0.4 is 5.73 Å². The molecule has 4 N–H and O–H groups in total. The number of esters is 1. The van der Waals surface area contributed by atoms with Gasteiger partial charge in [-0.1, -0.05) is 0 Å². The number of hydrogen-bond donors (Lipinski definition) is 3. The average Bonchev–Trinajstić information content (AvgIpc) is 3.90. The number of ether oxygens (including phenoxy) is 1. The van der Waals surface area contributed by atoms with E-state index < -0.39 is 152 Å². The van der Waals surface area contributed by atoms with Crippen LogP contribution in [0, 0.1) is 0 Å². The second kappa shape index (κ2) is 43.3. The Morgan fingerprint density at radius 1 is 0.583 bits per heavy atom. The van der Waals surface area contributed by atoms with Crippen LogP contribution in [0.3, 0.4) is 0 Å². The number of nitrogens with one attached hydrogen (secondary N) is 2. The molecule has 0 aliphatic rings. The third-order valence-electron chi connectivity index (χ3n) is 4.89. The molecule has 0 fully saturated rings. The third-order valence-corrected chi connectivity index (χ3v) is 2150. The van der Waals surface area contributed by atoms with Gasteiger partial charge in [0.1, 0.15) is 16.8 Å². The Labute approximate surface area is 560 Å². The molecule has 0 radical (unpaired) electrons. The van der Waals surface area contributed by atoms with Crippen LogP contribution in [0.2, 0.25) is 0 Å². The molecule has 2 unspecified atom stereocenters. The minimum atomic E-state index is -2.74. The van der Waals surface area contributed by atoms with Crippen molar-refractivity contribution in [2.45, 2.75) is 70.4 Å². The average molecular weight is 4270 g/mol. The zero-order chi connectivity index (χ0) is 46.5. The summed E-state index contributed by atoms with van der Waals surface area (Å²) >= 11 is 50.3. The summed E-state index contributed by atoms with van der Waals surface area (Å²) in [5.74, 6) is -0.687. The number of nitrogens with zero attached hydrogens (tertiary/aromatic N) is 4. The van der Waals surface area contributed by atoms with Gasteiger partial charge in [-0.15, -0.1) is 12.4 Å². The molecule has 0 aliphatic heterocycles. The van der Waals surface area contributed by atoms with Crippen molar-refractivity contribution in [3.05, 3.63) is 23.8 Å². The molecule has 0 aromatic carbocycles. The topological polar surface area (TPSA) is 135 Å². The van der Waals surface area contributed by atoms with Gasteiger partial charge in [-0.2, -0.15) is 30.8 Å². The van der Waals surface area contributed by atoms with Crippen LogP contribution in [-0.4, -0.2) is 55.2 Å². The number of aromatic nitrogens is 6. The Hall–Kier alpha value is 19.6. The van der Waals surface area contributed by atoms with E-state index in [2.05, 4.69) is 329 Å². The van der Waals surface area contributed by atoms with Crippen LogP contribution in [0.15, 0.2) is 12.4 Å². The first-order valence-corrected chi connectivity index (χ1v) is 195. The molecule has 2 aromatic heterocycles. The van der Waals surface area contributed by atoms with Crippen molar-refractivity contribution in [1.82, 2.24) is 30.8 Å². The van der Waals surface area contributed by atoms with Crippen LogP contribution in [0.5, 0.6) is 0 Å². The summed E-state index contributed by atoms with van der Waals surface area (Å²) in [4.78, 5) is 11.7. The predicted molar refractivity (Wildman–Crippen MR) is 522 cm³/mol. The Bertz CT molecular complexity index is 1420. The molecule has 60 heavy (non-hydrogen) atoms. The minimum absolute atomic E-state index is 0. The van der Waals surface area contributed by atoms with Crippen molar-refractivity contribution in [2.24, 2.45) is 5.73 Å². The van der Waals surface area contributed by atoms with Crippen LogP contribution in [0.25, 0.3) is 0 Å². The summed E-state index contributed by atoms with van der Waals surface area (Å²) in [7, 11) is -6.50. The number of halogens is 35. The Morgan fingerprint density at radius 3 is 1.08 bits per heavy atom. The van der Waals surface area contributed by atoms with Gasteiger partial charge in [-0.3, -0.25) is 4.79 Å². The first kappa shape index (κ1) is 81.7. The van der Waals surface area contributed by atoms with Gasteiger partial charge in [-0.25, -0.2) is 17.6 Å². The fraction of sp³-hybridized carbons (Fsp3) is 0.688. The zero-order valence-corrected chi connectivity index (χ0v) is 94.0. The van der Waals surface area contributed by atoms with Crippen molar-refractivity contribution in [1.29, 1.82) is 0 Å². The molecule has 44 heteroatoms. The third kappa shape index (κ3) is 31.8. The van der Waals surface area contributed by atoms with Crippen LogP contribution in [-0.2, 0) is 20.5 Å². The zero-order valence-electron chi connectivity index (χ0n) is 28.5. The van der Waals surface area contributed by atoms with Gasteiger partial charge in [0.15, 0.2) is 0 Å².